The van der Waals surface area contributed by atoms with E-state index in [2.05, 4.69) is 5.32 Å². The van der Waals surface area contributed by atoms with Gasteiger partial charge in [0.25, 0.3) is 0 Å². The van der Waals surface area contributed by atoms with Crippen LogP contribution in [0, 0.1) is 0 Å². The Bertz CT molecular complexity index is 342. The lowest BCUT2D eigenvalue weighted by molar-refractivity contribution is 0.201. The molecule has 0 heterocycles. The first-order valence-corrected chi connectivity index (χ1v) is 5.75. The summed E-state index contributed by atoms with van der Waals surface area (Å²) >= 11 is 6.19. The number of aliphatic hydroxyl groups excluding tert-OH is 1. The van der Waals surface area contributed by atoms with Crippen molar-refractivity contribution in [2.45, 2.75) is 19.6 Å². The first kappa shape index (κ1) is 13.3. The van der Waals surface area contributed by atoms with Crippen LogP contribution in [0.25, 0.3) is 0 Å². The minimum atomic E-state index is -0.372. The molecule has 0 bridgehead atoms. The van der Waals surface area contributed by atoms with Crippen LogP contribution < -0.4 is 10.2 Å². The van der Waals surface area contributed by atoms with E-state index in [1.807, 2.05) is 37.2 Å². The van der Waals surface area contributed by atoms with Gasteiger partial charge in [-0.2, -0.15) is 0 Å². The average Bonchev–Trinajstić information content (AvgIpc) is 2.16. The lowest BCUT2D eigenvalue weighted by Crippen LogP contribution is -2.28. The second-order valence-corrected chi connectivity index (χ2v) is 4.41. The third-order valence-corrected chi connectivity index (χ3v) is 2.66. The maximum absolute atomic E-state index is 9.40. The van der Waals surface area contributed by atoms with Crippen molar-refractivity contribution < 1.29 is 5.11 Å². The Morgan fingerprint density at radius 2 is 2.19 bits per heavy atom. The number of benzene rings is 1. The molecule has 0 radical (unpaired) electrons. The van der Waals surface area contributed by atoms with Crippen molar-refractivity contribution in [3.63, 3.8) is 0 Å². The number of hydrogen-bond donors (Lipinski definition) is 2. The average molecular weight is 243 g/mol. The van der Waals surface area contributed by atoms with Gasteiger partial charge in [0, 0.05) is 20.1 Å². The van der Waals surface area contributed by atoms with Crippen molar-refractivity contribution >= 4 is 17.3 Å². The minimum absolute atomic E-state index is 0.372. The Labute approximate surface area is 102 Å². The number of nitrogens with one attached hydrogen (secondary N) is 1. The predicted octanol–water partition coefficient (Wildman–Crippen LogP) is 1.88. The molecule has 0 aliphatic heterocycles. The van der Waals surface area contributed by atoms with E-state index < -0.39 is 0 Å². The number of halogens is 1. The summed E-state index contributed by atoms with van der Waals surface area (Å²) in [6.45, 7) is 3.10. The van der Waals surface area contributed by atoms with Crippen molar-refractivity contribution in [1.82, 2.24) is 5.32 Å². The van der Waals surface area contributed by atoms with Crippen LogP contribution in [0.5, 0.6) is 0 Å². The number of aliphatic hydroxyl groups is 1. The summed E-state index contributed by atoms with van der Waals surface area (Å²) in [7, 11) is 3.84. The molecule has 0 aromatic heterocycles. The molecule has 0 aliphatic carbocycles. The van der Waals surface area contributed by atoms with Crippen LogP contribution in [0.3, 0.4) is 0 Å². The molecule has 1 aromatic rings. The highest BCUT2D eigenvalue weighted by Gasteiger charge is 2.12. The van der Waals surface area contributed by atoms with Crippen molar-refractivity contribution in [2.24, 2.45) is 0 Å². The Balaban J connectivity index is 2.99. The van der Waals surface area contributed by atoms with Gasteiger partial charge in [-0.25, -0.2) is 0 Å². The summed E-state index contributed by atoms with van der Waals surface area (Å²) in [4.78, 5) is 1.99. The molecule has 16 heavy (non-hydrogen) atoms. The maximum Gasteiger partial charge on any atom is 0.0686 e. The summed E-state index contributed by atoms with van der Waals surface area (Å²) < 4.78 is 0. The number of likely N-dealkylation sites (N-methyl/N-ethyl adjacent to an activating group) is 1. The molecule has 0 amide bonds. The predicted molar refractivity (Wildman–Crippen MR) is 69.2 cm³/mol. The van der Waals surface area contributed by atoms with Gasteiger partial charge in [0.1, 0.15) is 0 Å². The van der Waals surface area contributed by atoms with Gasteiger partial charge in [-0.15, -0.1) is 0 Å². The minimum Gasteiger partial charge on any atom is -0.392 e. The molecular weight excluding hydrogens is 224 g/mol. The van der Waals surface area contributed by atoms with E-state index >= 15 is 0 Å². The van der Waals surface area contributed by atoms with Gasteiger partial charge in [-0.3, -0.25) is 0 Å². The van der Waals surface area contributed by atoms with Crippen molar-refractivity contribution in [3.05, 3.63) is 28.8 Å². The topological polar surface area (TPSA) is 35.5 Å². The summed E-state index contributed by atoms with van der Waals surface area (Å²) in [6, 6.07) is 5.85. The van der Waals surface area contributed by atoms with E-state index in [1.165, 1.54) is 0 Å². The van der Waals surface area contributed by atoms with Crippen molar-refractivity contribution in [2.75, 3.05) is 25.5 Å². The van der Waals surface area contributed by atoms with Gasteiger partial charge < -0.3 is 15.3 Å². The second-order valence-electron chi connectivity index (χ2n) is 4.01. The zero-order valence-electron chi connectivity index (χ0n) is 10.00. The fourth-order valence-corrected chi connectivity index (χ4v) is 2.15. The van der Waals surface area contributed by atoms with E-state index in [0.717, 1.165) is 22.8 Å². The van der Waals surface area contributed by atoms with Crippen molar-refractivity contribution in [3.8, 4) is 0 Å². The zero-order chi connectivity index (χ0) is 12.1. The van der Waals surface area contributed by atoms with Crippen LogP contribution in [0.4, 0.5) is 5.69 Å². The fourth-order valence-electron chi connectivity index (χ4n) is 1.81. The third-order valence-electron chi connectivity index (χ3n) is 2.36. The van der Waals surface area contributed by atoms with Crippen molar-refractivity contribution in [1.29, 1.82) is 0 Å². The highest BCUT2D eigenvalue weighted by atomic mass is 35.5. The molecule has 2 N–H and O–H groups in total. The fraction of sp³-hybridized carbons (Fsp3) is 0.500. The highest BCUT2D eigenvalue weighted by molar-refractivity contribution is 6.33. The van der Waals surface area contributed by atoms with Gasteiger partial charge in [0.2, 0.25) is 0 Å². The molecule has 0 saturated carbocycles. The Morgan fingerprint density at radius 3 is 2.75 bits per heavy atom. The van der Waals surface area contributed by atoms with Crippen LogP contribution in [-0.2, 0) is 6.54 Å². The SMILES string of the molecule is CNCc1cccc(Cl)c1N(C)CC(C)O. The Morgan fingerprint density at radius 1 is 1.50 bits per heavy atom. The van der Waals surface area contributed by atoms with Crippen LogP contribution >= 0.6 is 11.6 Å². The third kappa shape index (κ3) is 3.37. The number of nitrogens with zero attached hydrogens (tertiary/aromatic N) is 1. The molecule has 1 rings (SSSR count). The largest absolute Gasteiger partial charge is 0.392 e. The standard InChI is InChI=1S/C12H19ClN2O/c1-9(16)8-15(3)12-10(7-14-2)5-4-6-11(12)13/h4-6,9,14,16H,7-8H2,1-3H3. The van der Waals surface area contributed by atoms with Gasteiger partial charge in [0.15, 0.2) is 0 Å². The number of rotatable bonds is 5. The molecule has 90 valence electrons. The maximum atomic E-state index is 9.40. The monoisotopic (exact) mass is 242 g/mol. The van der Waals surface area contributed by atoms with Crippen LogP contribution in [0.1, 0.15) is 12.5 Å². The van der Waals surface area contributed by atoms with E-state index in [-0.39, 0.29) is 6.10 Å². The molecule has 0 saturated heterocycles. The molecule has 0 aliphatic rings. The number of hydrogen-bond acceptors (Lipinski definition) is 3. The quantitative estimate of drug-likeness (QED) is 0.828. The Hall–Kier alpha value is -0.770. The zero-order valence-corrected chi connectivity index (χ0v) is 10.8. The smallest absolute Gasteiger partial charge is 0.0686 e. The van der Waals surface area contributed by atoms with E-state index in [1.54, 1.807) is 6.92 Å². The van der Waals surface area contributed by atoms with E-state index in [9.17, 15) is 5.11 Å². The molecule has 1 atom stereocenters. The first-order valence-electron chi connectivity index (χ1n) is 5.37. The van der Waals surface area contributed by atoms with Crippen LogP contribution in [0.2, 0.25) is 5.02 Å². The summed E-state index contributed by atoms with van der Waals surface area (Å²) in [5.41, 5.74) is 2.12. The highest BCUT2D eigenvalue weighted by Crippen LogP contribution is 2.29. The van der Waals surface area contributed by atoms with Crippen LogP contribution in [-0.4, -0.2) is 31.9 Å². The lowest BCUT2D eigenvalue weighted by atomic mass is 10.1. The molecule has 0 spiro atoms. The normalized spacial score (nSPS) is 12.6. The summed E-state index contributed by atoms with van der Waals surface area (Å²) in [5, 5.41) is 13.2. The van der Waals surface area contributed by atoms with Crippen LogP contribution in [0.15, 0.2) is 18.2 Å². The van der Waals surface area contributed by atoms with Gasteiger partial charge in [-0.1, -0.05) is 23.7 Å². The second kappa shape index (κ2) is 6.09. The molecule has 1 aromatic carbocycles. The lowest BCUT2D eigenvalue weighted by Gasteiger charge is -2.25. The van der Waals surface area contributed by atoms with E-state index in [0.29, 0.717) is 6.54 Å². The van der Waals surface area contributed by atoms with E-state index in [4.69, 9.17) is 11.6 Å². The number of anilines is 1. The first-order chi connectivity index (χ1) is 7.56. The molecule has 4 heteroatoms. The van der Waals surface area contributed by atoms with Gasteiger partial charge in [-0.05, 0) is 25.6 Å². The van der Waals surface area contributed by atoms with Gasteiger partial charge >= 0.3 is 0 Å². The molecule has 0 fully saturated rings. The summed E-state index contributed by atoms with van der Waals surface area (Å²) in [5.74, 6) is 0. The van der Waals surface area contributed by atoms with Gasteiger partial charge in [0.05, 0.1) is 16.8 Å². The number of para-hydroxylation sites is 1. The molecule has 3 nitrogen and oxygen atoms in total. The Kier molecular flexibility index (Phi) is 5.06. The molecular formula is C12H19ClN2O. The molecule has 1 unspecified atom stereocenters. The summed E-state index contributed by atoms with van der Waals surface area (Å²) in [6.07, 6.45) is -0.372.